The summed E-state index contributed by atoms with van der Waals surface area (Å²) in [6.07, 6.45) is 0. The van der Waals surface area contributed by atoms with Crippen LogP contribution in [0.2, 0.25) is 0 Å². The van der Waals surface area contributed by atoms with Crippen molar-refractivity contribution in [3.8, 4) is 17.2 Å². The Balaban J connectivity index is 1.33. The smallest absolute Gasteiger partial charge is 0.250 e. The van der Waals surface area contributed by atoms with Crippen molar-refractivity contribution in [1.29, 1.82) is 0 Å². The second-order valence-corrected chi connectivity index (χ2v) is 9.31. The zero-order chi connectivity index (χ0) is 23.8. The maximum absolute atomic E-state index is 12.0. The topological polar surface area (TPSA) is 69.1 Å². The van der Waals surface area contributed by atoms with E-state index >= 15 is 0 Å². The number of pyridine rings is 1. The van der Waals surface area contributed by atoms with E-state index in [0.29, 0.717) is 11.5 Å². The molecule has 0 amide bonds. The van der Waals surface area contributed by atoms with Crippen LogP contribution < -0.4 is 24.7 Å². The Morgan fingerprint density at radius 1 is 0.912 bits per heavy atom. The summed E-state index contributed by atoms with van der Waals surface area (Å²) in [6, 6.07) is 11.5. The van der Waals surface area contributed by atoms with Crippen molar-refractivity contribution in [3.63, 3.8) is 0 Å². The number of methoxy groups -OCH3 is 3. The minimum atomic E-state index is -0.00109. The molecule has 0 saturated carbocycles. The zero-order valence-electron chi connectivity index (χ0n) is 19.8. The van der Waals surface area contributed by atoms with Crippen molar-refractivity contribution in [2.24, 2.45) is 7.05 Å². The van der Waals surface area contributed by atoms with Crippen molar-refractivity contribution < 1.29 is 14.2 Å². The number of thiazole rings is 1. The number of ether oxygens (including phenoxy) is 3. The van der Waals surface area contributed by atoms with Gasteiger partial charge in [-0.1, -0.05) is 17.4 Å². The molecule has 178 valence electrons. The normalized spacial score (nSPS) is 14.6. The van der Waals surface area contributed by atoms with Crippen molar-refractivity contribution >= 4 is 37.6 Å². The van der Waals surface area contributed by atoms with Crippen LogP contribution in [0.3, 0.4) is 0 Å². The quantitative estimate of drug-likeness (QED) is 0.418. The molecule has 5 rings (SSSR count). The van der Waals surface area contributed by atoms with Crippen LogP contribution in [0.1, 0.15) is 5.56 Å². The Kier molecular flexibility index (Phi) is 6.05. The van der Waals surface area contributed by atoms with Crippen LogP contribution in [0, 0.1) is 0 Å². The largest absolute Gasteiger partial charge is 0.493 e. The first-order valence-corrected chi connectivity index (χ1v) is 12.0. The molecular weight excluding hydrogens is 452 g/mol. The van der Waals surface area contributed by atoms with Gasteiger partial charge in [-0.2, -0.15) is 0 Å². The predicted octanol–water partition coefficient (Wildman–Crippen LogP) is 3.50. The highest BCUT2D eigenvalue weighted by Gasteiger charge is 2.23. The number of aromatic nitrogens is 2. The molecular formula is C25H28N4O4S. The number of hydrogen-bond acceptors (Lipinski definition) is 8. The molecule has 4 aromatic rings. The molecule has 3 heterocycles. The van der Waals surface area contributed by atoms with Gasteiger partial charge in [-0.15, -0.1) is 0 Å². The molecule has 0 atom stereocenters. The molecule has 8 nitrogen and oxygen atoms in total. The second-order valence-electron chi connectivity index (χ2n) is 8.33. The number of fused-ring (bicyclic) bond motifs is 3. The SMILES string of the molecule is COc1ccc(CN2CCN(c3nc4ccc5c(ccc(=O)n5C)c4s3)CC2)c(OC)c1OC. The van der Waals surface area contributed by atoms with Gasteiger partial charge in [0, 0.05) is 56.8 Å². The first kappa shape index (κ1) is 22.5. The van der Waals surface area contributed by atoms with E-state index in [4.69, 9.17) is 19.2 Å². The number of piperazine rings is 1. The fraction of sp³-hybridized carbons (Fsp3) is 0.360. The van der Waals surface area contributed by atoms with Crippen LogP contribution >= 0.6 is 11.3 Å². The van der Waals surface area contributed by atoms with Crippen LogP contribution in [0.15, 0.2) is 41.2 Å². The van der Waals surface area contributed by atoms with Gasteiger partial charge in [0.05, 0.1) is 37.1 Å². The maximum Gasteiger partial charge on any atom is 0.250 e. The summed E-state index contributed by atoms with van der Waals surface area (Å²) in [5.74, 6) is 2.01. The molecule has 0 spiro atoms. The fourth-order valence-electron chi connectivity index (χ4n) is 4.59. The lowest BCUT2D eigenvalue weighted by atomic mass is 10.1. The van der Waals surface area contributed by atoms with Crippen LogP contribution in [0.5, 0.6) is 17.2 Å². The third kappa shape index (κ3) is 3.84. The molecule has 2 aromatic carbocycles. The second kappa shape index (κ2) is 9.15. The van der Waals surface area contributed by atoms with Gasteiger partial charge in [0.2, 0.25) is 5.75 Å². The number of anilines is 1. The third-order valence-electron chi connectivity index (χ3n) is 6.47. The molecule has 0 bridgehead atoms. The molecule has 1 aliphatic heterocycles. The molecule has 34 heavy (non-hydrogen) atoms. The first-order valence-electron chi connectivity index (χ1n) is 11.2. The Morgan fingerprint density at radius 2 is 1.68 bits per heavy atom. The zero-order valence-corrected chi connectivity index (χ0v) is 20.6. The molecule has 0 aliphatic carbocycles. The van der Waals surface area contributed by atoms with Crippen molar-refractivity contribution in [2.75, 3.05) is 52.4 Å². The van der Waals surface area contributed by atoms with E-state index in [-0.39, 0.29) is 5.56 Å². The number of aryl methyl sites for hydroxylation is 1. The van der Waals surface area contributed by atoms with E-state index < -0.39 is 0 Å². The van der Waals surface area contributed by atoms with Gasteiger partial charge in [0.1, 0.15) is 0 Å². The van der Waals surface area contributed by atoms with Gasteiger partial charge in [0.15, 0.2) is 16.6 Å². The van der Waals surface area contributed by atoms with Crippen LogP contribution in [-0.2, 0) is 13.6 Å². The van der Waals surface area contributed by atoms with Crippen molar-refractivity contribution in [1.82, 2.24) is 14.5 Å². The van der Waals surface area contributed by atoms with Crippen molar-refractivity contribution in [3.05, 3.63) is 52.3 Å². The Labute approximate surface area is 201 Å². The molecule has 2 aromatic heterocycles. The Bertz CT molecular complexity index is 1410. The van der Waals surface area contributed by atoms with Crippen LogP contribution in [0.4, 0.5) is 5.13 Å². The Hall–Kier alpha value is -3.30. The number of hydrogen-bond donors (Lipinski definition) is 0. The van der Waals surface area contributed by atoms with Gasteiger partial charge in [-0.3, -0.25) is 9.69 Å². The molecule has 0 radical (unpaired) electrons. The van der Waals surface area contributed by atoms with Gasteiger partial charge in [0.25, 0.3) is 5.56 Å². The summed E-state index contributed by atoms with van der Waals surface area (Å²) in [4.78, 5) is 21.7. The van der Waals surface area contributed by atoms with E-state index in [0.717, 1.165) is 70.3 Å². The highest BCUT2D eigenvalue weighted by Crippen LogP contribution is 2.40. The number of benzene rings is 2. The summed E-state index contributed by atoms with van der Waals surface area (Å²) in [5, 5.41) is 2.10. The van der Waals surface area contributed by atoms with Gasteiger partial charge in [-0.25, -0.2) is 4.98 Å². The highest BCUT2D eigenvalue weighted by molar-refractivity contribution is 7.23. The molecule has 9 heteroatoms. The minimum Gasteiger partial charge on any atom is -0.493 e. The van der Waals surface area contributed by atoms with Crippen LogP contribution in [-0.4, -0.2) is 62.0 Å². The molecule has 0 unspecified atom stereocenters. The van der Waals surface area contributed by atoms with Gasteiger partial charge in [-0.05, 0) is 24.3 Å². The Morgan fingerprint density at radius 3 is 2.38 bits per heavy atom. The van der Waals surface area contributed by atoms with E-state index in [1.165, 1.54) is 0 Å². The lowest BCUT2D eigenvalue weighted by molar-refractivity contribution is 0.243. The lowest BCUT2D eigenvalue weighted by Gasteiger charge is -2.34. The summed E-state index contributed by atoms with van der Waals surface area (Å²) in [5.41, 5.74) is 2.98. The van der Waals surface area contributed by atoms with E-state index in [9.17, 15) is 4.79 Å². The van der Waals surface area contributed by atoms with Gasteiger partial charge >= 0.3 is 0 Å². The van der Waals surface area contributed by atoms with Gasteiger partial charge < -0.3 is 23.7 Å². The minimum absolute atomic E-state index is 0.00109. The number of rotatable bonds is 6. The summed E-state index contributed by atoms with van der Waals surface area (Å²) < 4.78 is 19.4. The average molecular weight is 481 g/mol. The predicted molar refractivity (Wildman–Crippen MR) is 136 cm³/mol. The van der Waals surface area contributed by atoms with Crippen LogP contribution in [0.25, 0.3) is 21.1 Å². The molecule has 1 aliphatic rings. The van der Waals surface area contributed by atoms with E-state index in [1.54, 1.807) is 43.3 Å². The van der Waals surface area contributed by atoms with E-state index in [2.05, 4.69) is 9.80 Å². The fourth-order valence-corrected chi connectivity index (χ4v) is 5.73. The molecule has 1 saturated heterocycles. The average Bonchev–Trinajstić information content (AvgIpc) is 3.31. The highest BCUT2D eigenvalue weighted by atomic mass is 32.1. The summed E-state index contributed by atoms with van der Waals surface area (Å²) in [6.45, 7) is 4.40. The summed E-state index contributed by atoms with van der Waals surface area (Å²) >= 11 is 1.70. The molecule has 1 fully saturated rings. The monoisotopic (exact) mass is 480 g/mol. The number of nitrogens with zero attached hydrogens (tertiary/aromatic N) is 4. The standard InChI is InChI=1S/C25H28N4O4S/c1-27-19-8-7-18-24(17(19)6-10-21(27)30)34-25(26-18)29-13-11-28(12-14-29)15-16-5-9-20(31-2)23(33-4)22(16)32-3/h5-10H,11-15H2,1-4H3. The maximum atomic E-state index is 12.0. The van der Waals surface area contributed by atoms with Crippen molar-refractivity contribution in [2.45, 2.75) is 6.54 Å². The lowest BCUT2D eigenvalue weighted by Crippen LogP contribution is -2.46. The van der Waals surface area contributed by atoms with E-state index in [1.807, 2.05) is 37.4 Å². The molecule has 0 N–H and O–H groups in total. The first-order chi connectivity index (χ1) is 16.5. The third-order valence-corrected chi connectivity index (χ3v) is 7.63. The summed E-state index contributed by atoms with van der Waals surface area (Å²) in [7, 11) is 6.73.